The molecule has 6 heteroatoms. The molecular weight excluding hydrogens is 278 g/mol. The minimum atomic E-state index is -0.945. The van der Waals surface area contributed by atoms with Gasteiger partial charge in [-0.2, -0.15) is 0 Å². The number of aromatic nitrogens is 2. The second-order valence-electron chi connectivity index (χ2n) is 3.90. The Bertz CT molecular complexity index is 748. The number of H-pyrrole nitrogens is 1. The van der Waals surface area contributed by atoms with Gasteiger partial charge in [0.25, 0.3) is 0 Å². The lowest BCUT2D eigenvalue weighted by molar-refractivity contribution is 0.515. The fourth-order valence-electron chi connectivity index (χ4n) is 1.71. The van der Waals surface area contributed by atoms with Gasteiger partial charge in [-0.25, -0.2) is 13.8 Å². The number of halogens is 3. The topological polar surface area (TPSA) is 28.7 Å². The van der Waals surface area contributed by atoms with E-state index in [4.69, 9.17) is 11.6 Å². The molecule has 1 aromatic carbocycles. The number of aryl methyl sites for hydroxylation is 1. The molecule has 0 unspecified atom stereocenters. The average molecular weight is 285 g/mol. The maximum Gasteiger partial charge on any atom is 0.186 e. The summed E-state index contributed by atoms with van der Waals surface area (Å²) in [6.07, 6.45) is 0. The van der Waals surface area contributed by atoms with Crippen molar-refractivity contribution in [3.63, 3.8) is 0 Å². The summed E-state index contributed by atoms with van der Waals surface area (Å²) in [5.41, 5.74) is 1.38. The average Bonchev–Trinajstić information content (AvgIpc) is 2.90. The van der Waals surface area contributed by atoms with Crippen LogP contribution < -0.4 is 0 Å². The summed E-state index contributed by atoms with van der Waals surface area (Å²) in [6, 6.07) is 2.53. The first kappa shape index (κ1) is 11.6. The van der Waals surface area contributed by atoms with Crippen molar-refractivity contribution in [2.45, 2.75) is 6.92 Å². The van der Waals surface area contributed by atoms with E-state index < -0.39 is 11.6 Å². The van der Waals surface area contributed by atoms with E-state index in [1.54, 1.807) is 0 Å². The minimum absolute atomic E-state index is 0.00730. The molecule has 2 nitrogen and oxygen atoms in total. The smallest absolute Gasteiger partial charge is 0.186 e. The molecule has 92 valence electrons. The summed E-state index contributed by atoms with van der Waals surface area (Å²) in [6.45, 7) is 1.88. The van der Waals surface area contributed by atoms with E-state index in [0.29, 0.717) is 16.4 Å². The summed E-state index contributed by atoms with van der Waals surface area (Å²) >= 11 is 7.54. The highest BCUT2D eigenvalue weighted by atomic mass is 35.5. The van der Waals surface area contributed by atoms with Gasteiger partial charge < -0.3 is 4.98 Å². The Morgan fingerprint density at radius 2 is 2.11 bits per heavy atom. The maximum atomic E-state index is 13.5. The standard InChI is InChI=1S/C12H7ClF2N2S/c1-5-4-18-11(8(5)13)12-16-7-3-2-6(14)9(15)10(7)17-12/h2-4H,1H3,(H,16,17). The highest BCUT2D eigenvalue weighted by Gasteiger charge is 2.16. The zero-order valence-corrected chi connectivity index (χ0v) is 10.8. The fraction of sp³-hybridized carbons (Fsp3) is 0.0833. The molecule has 0 aliphatic rings. The fourth-order valence-corrected chi connectivity index (χ4v) is 2.94. The molecule has 0 bridgehead atoms. The van der Waals surface area contributed by atoms with Crippen LogP contribution in [0.5, 0.6) is 0 Å². The predicted octanol–water partition coefficient (Wildman–Crippen LogP) is 4.53. The molecule has 0 spiro atoms. The molecule has 0 aliphatic carbocycles. The van der Waals surface area contributed by atoms with Crippen molar-refractivity contribution in [3.8, 4) is 10.7 Å². The molecule has 0 aliphatic heterocycles. The Balaban J connectivity index is 2.26. The number of hydrogen-bond donors (Lipinski definition) is 1. The van der Waals surface area contributed by atoms with Gasteiger partial charge in [0.15, 0.2) is 11.6 Å². The Morgan fingerprint density at radius 1 is 1.33 bits per heavy atom. The largest absolute Gasteiger partial charge is 0.337 e. The molecule has 18 heavy (non-hydrogen) atoms. The molecule has 3 aromatic rings. The van der Waals surface area contributed by atoms with Crippen molar-refractivity contribution in [3.05, 3.63) is 39.7 Å². The summed E-state index contributed by atoms with van der Waals surface area (Å²) in [5.74, 6) is -1.40. The lowest BCUT2D eigenvalue weighted by Crippen LogP contribution is -1.84. The van der Waals surface area contributed by atoms with Gasteiger partial charge >= 0.3 is 0 Å². The molecule has 0 saturated carbocycles. The number of thiophene rings is 1. The summed E-state index contributed by atoms with van der Waals surface area (Å²) < 4.78 is 26.6. The first-order valence-corrected chi connectivity index (χ1v) is 6.41. The first-order chi connectivity index (χ1) is 8.58. The minimum Gasteiger partial charge on any atom is -0.337 e. The van der Waals surface area contributed by atoms with Gasteiger partial charge in [-0.15, -0.1) is 11.3 Å². The molecule has 3 rings (SSSR count). The van der Waals surface area contributed by atoms with Crippen molar-refractivity contribution in [1.82, 2.24) is 9.97 Å². The highest BCUT2D eigenvalue weighted by Crippen LogP contribution is 2.35. The van der Waals surface area contributed by atoms with Crippen LogP contribution in [-0.4, -0.2) is 9.97 Å². The molecule has 0 amide bonds. The van der Waals surface area contributed by atoms with E-state index >= 15 is 0 Å². The normalized spacial score (nSPS) is 11.3. The third-order valence-electron chi connectivity index (χ3n) is 2.66. The van der Waals surface area contributed by atoms with E-state index in [9.17, 15) is 8.78 Å². The second-order valence-corrected chi connectivity index (χ2v) is 5.16. The van der Waals surface area contributed by atoms with Crippen molar-refractivity contribution in [2.75, 3.05) is 0 Å². The van der Waals surface area contributed by atoms with Crippen LogP contribution in [0, 0.1) is 18.6 Å². The van der Waals surface area contributed by atoms with Gasteiger partial charge in [0.1, 0.15) is 11.3 Å². The van der Waals surface area contributed by atoms with E-state index in [-0.39, 0.29) is 5.52 Å². The number of aromatic amines is 1. The van der Waals surface area contributed by atoms with E-state index in [1.807, 2.05) is 12.3 Å². The first-order valence-electron chi connectivity index (χ1n) is 5.15. The van der Waals surface area contributed by atoms with Crippen LogP contribution >= 0.6 is 22.9 Å². The monoisotopic (exact) mass is 284 g/mol. The number of fused-ring (bicyclic) bond motifs is 1. The maximum absolute atomic E-state index is 13.5. The van der Waals surface area contributed by atoms with Gasteiger partial charge in [0.2, 0.25) is 0 Å². The van der Waals surface area contributed by atoms with E-state index in [0.717, 1.165) is 16.5 Å². The van der Waals surface area contributed by atoms with Crippen LogP contribution in [0.1, 0.15) is 5.56 Å². The number of nitrogens with zero attached hydrogens (tertiary/aromatic N) is 1. The Kier molecular flexibility index (Phi) is 2.60. The van der Waals surface area contributed by atoms with Crippen LogP contribution in [-0.2, 0) is 0 Å². The third kappa shape index (κ3) is 1.62. The van der Waals surface area contributed by atoms with Crippen molar-refractivity contribution in [1.29, 1.82) is 0 Å². The van der Waals surface area contributed by atoms with Crippen LogP contribution in [0.2, 0.25) is 5.02 Å². The van der Waals surface area contributed by atoms with Crippen LogP contribution in [0.15, 0.2) is 17.5 Å². The van der Waals surface area contributed by atoms with Gasteiger partial charge in [0, 0.05) is 0 Å². The number of rotatable bonds is 1. The number of benzene rings is 1. The van der Waals surface area contributed by atoms with Crippen LogP contribution in [0.4, 0.5) is 8.78 Å². The van der Waals surface area contributed by atoms with E-state index in [1.165, 1.54) is 17.4 Å². The summed E-state index contributed by atoms with van der Waals surface area (Å²) in [5, 5.41) is 2.47. The molecule has 1 N–H and O–H groups in total. The molecule has 0 saturated heterocycles. The van der Waals surface area contributed by atoms with Gasteiger partial charge in [-0.1, -0.05) is 11.6 Å². The van der Waals surface area contributed by atoms with Gasteiger partial charge in [-0.05, 0) is 30.0 Å². The van der Waals surface area contributed by atoms with E-state index in [2.05, 4.69) is 9.97 Å². The van der Waals surface area contributed by atoms with Crippen LogP contribution in [0.3, 0.4) is 0 Å². The zero-order valence-electron chi connectivity index (χ0n) is 9.22. The number of imidazole rings is 1. The lowest BCUT2D eigenvalue weighted by Gasteiger charge is -1.92. The number of hydrogen-bond acceptors (Lipinski definition) is 2. The molecule has 2 aromatic heterocycles. The molecule has 0 fully saturated rings. The molecular formula is C12H7ClF2N2S. The Labute approximate surface area is 110 Å². The Hall–Kier alpha value is -1.46. The molecule has 2 heterocycles. The van der Waals surface area contributed by atoms with Crippen molar-refractivity contribution < 1.29 is 8.78 Å². The van der Waals surface area contributed by atoms with Crippen LogP contribution in [0.25, 0.3) is 21.7 Å². The van der Waals surface area contributed by atoms with Crippen molar-refractivity contribution in [2.24, 2.45) is 0 Å². The van der Waals surface area contributed by atoms with Gasteiger partial charge in [-0.3, -0.25) is 0 Å². The second kappa shape index (κ2) is 4.03. The van der Waals surface area contributed by atoms with Gasteiger partial charge in [0.05, 0.1) is 15.4 Å². The summed E-state index contributed by atoms with van der Waals surface area (Å²) in [4.78, 5) is 7.74. The van der Waals surface area contributed by atoms with Crippen molar-refractivity contribution >= 4 is 34.0 Å². The zero-order chi connectivity index (χ0) is 12.9. The Morgan fingerprint density at radius 3 is 2.78 bits per heavy atom. The number of nitrogens with one attached hydrogen (secondary N) is 1. The molecule has 0 radical (unpaired) electrons. The molecule has 0 atom stereocenters. The summed E-state index contributed by atoms with van der Waals surface area (Å²) in [7, 11) is 0. The predicted molar refractivity (Wildman–Crippen MR) is 69.1 cm³/mol. The third-order valence-corrected chi connectivity index (χ3v) is 4.36. The lowest BCUT2D eigenvalue weighted by atomic mass is 10.3. The quantitative estimate of drug-likeness (QED) is 0.699. The highest BCUT2D eigenvalue weighted by molar-refractivity contribution is 7.14. The SMILES string of the molecule is Cc1csc(-c2nc3c(F)c(F)ccc3[nH]2)c1Cl.